The van der Waals surface area contributed by atoms with Crippen molar-refractivity contribution in [3.05, 3.63) is 58.3 Å². The third-order valence-electron chi connectivity index (χ3n) is 3.70. The third-order valence-corrected chi connectivity index (χ3v) is 4.60. The highest BCUT2D eigenvalue weighted by molar-refractivity contribution is 7.09. The van der Waals surface area contributed by atoms with Gasteiger partial charge in [0.15, 0.2) is 0 Å². The molecule has 3 nitrogen and oxygen atoms in total. The van der Waals surface area contributed by atoms with E-state index in [0.717, 1.165) is 12.0 Å². The van der Waals surface area contributed by atoms with Crippen LogP contribution in [0.3, 0.4) is 0 Å². The number of hydrogen-bond donors (Lipinski definition) is 1. The lowest BCUT2D eigenvalue weighted by Crippen LogP contribution is -2.47. The Bertz CT molecular complexity index is 553. The molecule has 2 aromatic rings. The van der Waals surface area contributed by atoms with Crippen LogP contribution < -0.4 is 5.73 Å². The Balaban J connectivity index is 1.91. The number of carbonyl (C=O) groups is 1. The van der Waals surface area contributed by atoms with Crippen molar-refractivity contribution in [3.63, 3.8) is 0 Å². The van der Waals surface area contributed by atoms with E-state index in [2.05, 4.69) is 18.4 Å². The molecule has 2 atom stereocenters. The standard InChI is InChI=1S/C17H22N2OS/c1-13(11-15-9-6-10-21-15)19(2)17(20)16(18)12-14-7-4-3-5-8-14/h3-10,13,16H,11-12,18H2,1-2H3/t13?,16-/m1/s1. The first-order valence-electron chi connectivity index (χ1n) is 7.16. The number of nitrogens with two attached hydrogens (primary N) is 1. The molecule has 1 aromatic carbocycles. The zero-order valence-corrected chi connectivity index (χ0v) is 13.3. The highest BCUT2D eigenvalue weighted by Gasteiger charge is 2.22. The second-order valence-electron chi connectivity index (χ2n) is 5.38. The zero-order chi connectivity index (χ0) is 15.2. The lowest BCUT2D eigenvalue weighted by atomic mass is 10.0. The van der Waals surface area contributed by atoms with Gasteiger partial charge in [0.05, 0.1) is 6.04 Å². The lowest BCUT2D eigenvalue weighted by molar-refractivity contribution is -0.133. The van der Waals surface area contributed by atoms with E-state index in [9.17, 15) is 4.79 Å². The van der Waals surface area contributed by atoms with Gasteiger partial charge in [0.25, 0.3) is 0 Å². The van der Waals surface area contributed by atoms with Crippen molar-refractivity contribution in [2.45, 2.75) is 31.8 Å². The molecule has 0 fully saturated rings. The van der Waals surface area contributed by atoms with Crippen LogP contribution in [0.15, 0.2) is 47.8 Å². The van der Waals surface area contributed by atoms with Gasteiger partial charge >= 0.3 is 0 Å². The Labute approximate surface area is 130 Å². The van der Waals surface area contributed by atoms with E-state index >= 15 is 0 Å². The monoisotopic (exact) mass is 302 g/mol. The Morgan fingerprint density at radius 1 is 1.19 bits per heavy atom. The zero-order valence-electron chi connectivity index (χ0n) is 12.5. The van der Waals surface area contributed by atoms with Crippen molar-refractivity contribution in [1.82, 2.24) is 4.90 Å². The van der Waals surface area contributed by atoms with Gasteiger partial charge in [-0.25, -0.2) is 0 Å². The summed E-state index contributed by atoms with van der Waals surface area (Å²) in [5, 5.41) is 2.06. The molecule has 2 N–H and O–H groups in total. The van der Waals surface area contributed by atoms with Crippen LogP contribution in [0, 0.1) is 0 Å². The Hall–Kier alpha value is -1.65. The first-order chi connectivity index (χ1) is 10.1. The molecule has 0 saturated carbocycles. The quantitative estimate of drug-likeness (QED) is 0.892. The van der Waals surface area contributed by atoms with E-state index in [0.29, 0.717) is 6.42 Å². The first kappa shape index (κ1) is 15.7. The molecule has 0 radical (unpaired) electrons. The van der Waals surface area contributed by atoms with Gasteiger partial charge in [-0.1, -0.05) is 36.4 Å². The second-order valence-corrected chi connectivity index (χ2v) is 6.41. The van der Waals surface area contributed by atoms with Crippen LogP contribution in [0.1, 0.15) is 17.4 Å². The van der Waals surface area contributed by atoms with Gasteiger partial charge in [-0.3, -0.25) is 4.79 Å². The fourth-order valence-corrected chi connectivity index (χ4v) is 3.12. The lowest BCUT2D eigenvalue weighted by Gasteiger charge is -2.27. The summed E-state index contributed by atoms with van der Waals surface area (Å²) < 4.78 is 0. The molecule has 0 aliphatic rings. The van der Waals surface area contributed by atoms with E-state index in [1.807, 2.05) is 43.4 Å². The van der Waals surface area contributed by atoms with Crippen LogP contribution in [-0.4, -0.2) is 29.9 Å². The van der Waals surface area contributed by atoms with Gasteiger partial charge in [0.2, 0.25) is 5.91 Å². The summed E-state index contributed by atoms with van der Waals surface area (Å²) in [6.45, 7) is 2.06. The second kappa shape index (κ2) is 7.38. The summed E-state index contributed by atoms with van der Waals surface area (Å²) in [5.41, 5.74) is 7.17. The highest BCUT2D eigenvalue weighted by Crippen LogP contribution is 2.14. The number of hydrogen-bond acceptors (Lipinski definition) is 3. The maximum absolute atomic E-state index is 12.4. The largest absolute Gasteiger partial charge is 0.341 e. The SMILES string of the molecule is CC(Cc1cccs1)N(C)C(=O)[C@H](N)Cc1ccccc1. The van der Waals surface area contributed by atoms with Gasteiger partial charge in [-0.15, -0.1) is 11.3 Å². The molecule has 21 heavy (non-hydrogen) atoms. The number of amides is 1. The van der Waals surface area contributed by atoms with E-state index in [1.54, 1.807) is 16.2 Å². The number of nitrogens with zero attached hydrogens (tertiary/aromatic N) is 1. The van der Waals surface area contributed by atoms with Crippen LogP contribution >= 0.6 is 11.3 Å². The molecule has 1 heterocycles. The summed E-state index contributed by atoms with van der Waals surface area (Å²) in [6, 6.07) is 13.7. The maximum Gasteiger partial charge on any atom is 0.239 e. The van der Waals surface area contributed by atoms with E-state index in [1.165, 1.54) is 4.88 Å². The summed E-state index contributed by atoms with van der Waals surface area (Å²) >= 11 is 1.72. The third kappa shape index (κ3) is 4.41. The molecule has 0 spiro atoms. The number of thiophene rings is 1. The number of likely N-dealkylation sites (N-methyl/N-ethyl adjacent to an activating group) is 1. The van der Waals surface area contributed by atoms with Crippen LogP contribution in [0.4, 0.5) is 0 Å². The van der Waals surface area contributed by atoms with Crippen LogP contribution in [0.5, 0.6) is 0 Å². The topological polar surface area (TPSA) is 46.3 Å². The first-order valence-corrected chi connectivity index (χ1v) is 8.04. The summed E-state index contributed by atoms with van der Waals surface area (Å²) in [5.74, 6) is 0.00269. The van der Waals surface area contributed by atoms with Gasteiger partial charge in [0, 0.05) is 24.4 Å². The van der Waals surface area contributed by atoms with Gasteiger partial charge in [-0.05, 0) is 30.4 Å². The molecule has 1 aromatic heterocycles. The molecule has 2 rings (SSSR count). The van der Waals surface area contributed by atoms with E-state index in [4.69, 9.17) is 5.73 Å². The van der Waals surface area contributed by atoms with Crippen molar-refractivity contribution in [2.24, 2.45) is 5.73 Å². The van der Waals surface area contributed by atoms with Crippen molar-refractivity contribution in [2.75, 3.05) is 7.05 Å². The minimum absolute atomic E-state index is 0.00269. The Morgan fingerprint density at radius 3 is 2.52 bits per heavy atom. The molecular weight excluding hydrogens is 280 g/mol. The van der Waals surface area contributed by atoms with Crippen LogP contribution in [0.2, 0.25) is 0 Å². The predicted octanol–water partition coefficient (Wildman–Crippen LogP) is 2.71. The van der Waals surface area contributed by atoms with Gasteiger partial charge in [-0.2, -0.15) is 0 Å². The molecule has 0 bridgehead atoms. The average Bonchev–Trinajstić information content (AvgIpc) is 2.99. The summed E-state index contributed by atoms with van der Waals surface area (Å²) in [7, 11) is 1.84. The summed E-state index contributed by atoms with van der Waals surface area (Å²) in [4.78, 5) is 15.5. The Kier molecular flexibility index (Phi) is 5.53. The molecule has 4 heteroatoms. The van der Waals surface area contributed by atoms with Crippen molar-refractivity contribution in [3.8, 4) is 0 Å². The fourth-order valence-electron chi connectivity index (χ4n) is 2.29. The van der Waals surface area contributed by atoms with Crippen LogP contribution in [0.25, 0.3) is 0 Å². The molecule has 0 saturated heterocycles. The normalized spacial score (nSPS) is 13.7. The number of benzene rings is 1. The molecule has 0 aliphatic carbocycles. The van der Waals surface area contributed by atoms with Gasteiger partial charge in [0.1, 0.15) is 0 Å². The van der Waals surface area contributed by atoms with Crippen molar-refractivity contribution in [1.29, 1.82) is 0 Å². The maximum atomic E-state index is 12.4. The molecule has 112 valence electrons. The average molecular weight is 302 g/mol. The van der Waals surface area contributed by atoms with E-state index in [-0.39, 0.29) is 11.9 Å². The van der Waals surface area contributed by atoms with Crippen molar-refractivity contribution >= 4 is 17.2 Å². The molecule has 1 unspecified atom stereocenters. The molecule has 0 aliphatic heterocycles. The van der Waals surface area contributed by atoms with Gasteiger partial charge < -0.3 is 10.6 Å². The number of rotatable bonds is 6. The van der Waals surface area contributed by atoms with Crippen molar-refractivity contribution < 1.29 is 4.79 Å². The fraction of sp³-hybridized carbons (Fsp3) is 0.353. The molecule has 1 amide bonds. The number of carbonyl (C=O) groups excluding carboxylic acids is 1. The predicted molar refractivity (Wildman–Crippen MR) is 88.4 cm³/mol. The minimum Gasteiger partial charge on any atom is -0.341 e. The van der Waals surface area contributed by atoms with Crippen LogP contribution in [-0.2, 0) is 17.6 Å². The summed E-state index contributed by atoms with van der Waals surface area (Å²) in [6.07, 6.45) is 1.45. The smallest absolute Gasteiger partial charge is 0.239 e. The Morgan fingerprint density at radius 2 is 1.90 bits per heavy atom. The molecular formula is C17H22N2OS. The van der Waals surface area contributed by atoms with E-state index < -0.39 is 6.04 Å². The minimum atomic E-state index is -0.483. The highest BCUT2D eigenvalue weighted by atomic mass is 32.1.